The minimum Gasteiger partial charge on any atom is -0.399 e. The van der Waals surface area contributed by atoms with Crippen molar-refractivity contribution in [3.8, 4) is 0 Å². The molecule has 0 bridgehead atoms. The van der Waals surface area contributed by atoms with E-state index in [1.165, 1.54) is 5.69 Å². The monoisotopic (exact) mass is 439 g/mol. The first kappa shape index (κ1) is 21.1. The summed E-state index contributed by atoms with van der Waals surface area (Å²) in [6, 6.07) is 16.1. The van der Waals surface area contributed by atoms with E-state index in [-0.39, 0.29) is 6.61 Å². The van der Waals surface area contributed by atoms with Gasteiger partial charge in [0.05, 0.1) is 12.8 Å². The van der Waals surface area contributed by atoms with Crippen LogP contribution in [0.1, 0.15) is 16.8 Å². The third kappa shape index (κ3) is 4.71. The number of benzene rings is 2. The average molecular weight is 440 g/mol. The van der Waals surface area contributed by atoms with E-state index >= 15 is 0 Å². The third-order valence-electron chi connectivity index (χ3n) is 6.01. The summed E-state index contributed by atoms with van der Waals surface area (Å²) in [5.74, 6) is 0.546. The molecule has 1 saturated heterocycles. The Balaban J connectivity index is 1.30. The molecule has 2 aromatic carbocycles. The number of aromatic nitrogens is 2. The van der Waals surface area contributed by atoms with Crippen molar-refractivity contribution in [2.45, 2.75) is 0 Å². The van der Waals surface area contributed by atoms with E-state index in [0.717, 1.165) is 60.8 Å². The van der Waals surface area contributed by atoms with Gasteiger partial charge in [0.25, 0.3) is 0 Å². The van der Waals surface area contributed by atoms with Gasteiger partial charge in [0.15, 0.2) is 5.69 Å². The number of rotatable bonds is 6. The Bertz CT molecular complexity index is 1180. The van der Waals surface area contributed by atoms with Gasteiger partial charge in [-0.15, -0.1) is 0 Å². The second-order valence-electron chi connectivity index (χ2n) is 8.22. The number of piperazine rings is 1. The SMILES string of the molecule is Nc1cccc(C2=C[C+]=Cc3cnc(Nc4ccc(N5CCN(CCO)CC5)cc4)nc32)c1. The number of nitrogens with two attached hydrogens (primary N) is 1. The molecule has 2 aliphatic rings. The molecule has 1 aromatic heterocycles. The molecule has 4 N–H and O–H groups in total. The molecule has 7 heteroatoms. The highest BCUT2D eigenvalue weighted by Gasteiger charge is 2.24. The van der Waals surface area contributed by atoms with Crippen molar-refractivity contribution in [2.24, 2.45) is 0 Å². The summed E-state index contributed by atoms with van der Waals surface area (Å²) in [6.45, 7) is 4.83. The van der Waals surface area contributed by atoms with Crippen LogP contribution in [-0.2, 0) is 0 Å². The number of aliphatic hydroxyl groups excluding tert-OH is 1. The molecule has 3 aromatic rings. The van der Waals surface area contributed by atoms with Crippen LogP contribution in [0.5, 0.6) is 0 Å². The van der Waals surface area contributed by atoms with Gasteiger partial charge in [-0.2, -0.15) is 4.98 Å². The van der Waals surface area contributed by atoms with E-state index in [9.17, 15) is 0 Å². The molecule has 1 aliphatic heterocycles. The molecule has 1 fully saturated rings. The first-order valence-electron chi connectivity index (χ1n) is 11.2. The molecule has 0 saturated carbocycles. The number of nitrogens with zero attached hydrogens (tertiary/aromatic N) is 4. The molecule has 0 atom stereocenters. The van der Waals surface area contributed by atoms with Gasteiger partial charge in [-0.05, 0) is 42.5 Å². The minimum absolute atomic E-state index is 0.219. The van der Waals surface area contributed by atoms with Crippen molar-refractivity contribution in [3.05, 3.63) is 83.7 Å². The lowest BCUT2D eigenvalue weighted by Gasteiger charge is -2.35. The van der Waals surface area contributed by atoms with Crippen LogP contribution in [0.2, 0.25) is 0 Å². The number of β-amino-alcohol motifs (C(OH)–C–C–N with tert-alkyl or cyclic N) is 1. The molecule has 0 spiro atoms. The van der Waals surface area contributed by atoms with Crippen molar-refractivity contribution < 1.29 is 5.11 Å². The fourth-order valence-corrected chi connectivity index (χ4v) is 4.24. The van der Waals surface area contributed by atoms with Crippen LogP contribution >= 0.6 is 0 Å². The summed E-state index contributed by atoms with van der Waals surface area (Å²) in [7, 11) is 0. The van der Waals surface area contributed by atoms with Gasteiger partial charge in [0.1, 0.15) is 23.3 Å². The Morgan fingerprint density at radius 3 is 2.64 bits per heavy atom. The standard InChI is InChI=1S/C26H27N6O/c27-21-5-1-3-19(17-21)24-6-2-4-20-18-28-26(30-25(20)24)29-22-7-9-23(10-8-22)32-13-11-31(12-14-32)15-16-33/h1,3-10,17-18,33H,11-16,27H2,(H,28,29,30)/q+1. The maximum atomic E-state index is 9.12. The van der Waals surface area contributed by atoms with Crippen LogP contribution in [-0.4, -0.2) is 59.3 Å². The van der Waals surface area contributed by atoms with Crippen LogP contribution in [0.25, 0.3) is 11.6 Å². The van der Waals surface area contributed by atoms with Crippen LogP contribution in [0.15, 0.2) is 60.8 Å². The predicted molar refractivity (Wildman–Crippen MR) is 133 cm³/mol. The van der Waals surface area contributed by atoms with E-state index < -0.39 is 0 Å². The Kier molecular flexibility index (Phi) is 6.00. The summed E-state index contributed by atoms with van der Waals surface area (Å²) in [5.41, 5.74) is 12.6. The molecule has 5 rings (SSSR count). The van der Waals surface area contributed by atoms with E-state index in [4.69, 9.17) is 15.8 Å². The topological polar surface area (TPSA) is 90.5 Å². The number of aliphatic hydroxyl groups is 1. The normalized spacial score (nSPS) is 15.5. The summed E-state index contributed by atoms with van der Waals surface area (Å²) in [4.78, 5) is 13.9. The lowest BCUT2D eigenvalue weighted by atomic mass is 9.95. The van der Waals surface area contributed by atoms with E-state index in [1.54, 1.807) is 0 Å². The Morgan fingerprint density at radius 1 is 1.06 bits per heavy atom. The molecular formula is C26H27N6O+. The van der Waals surface area contributed by atoms with Crippen molar-refractivity contribution in [1.82, 2.24) is 14.9 Å². The summed E-state index contributed by atoms with van der Waals surface area (Å²) < 4.78 is 0. The number of allylic oxidation sites excluding steroid dienone is 2. The quantitative estimate of drug-likeness (QED) is 0.401. The van der Waals surface area contributed by atoms with Gasteiger partial charge in [-0.1, -0.05) is 6.07 Å². The summed E-state index contributed by atoms with van der Waals surface area (Å²) in [6.07, 6.45) is 8.82. The zero-order valence-electron chi connectivity index (χ0n) is 18.4. The van der Waals surface area contributed by atoms with Gasteiger partial charge in [-0.3, -0.25) is 4.90 Å². The molecule has 7 nitrogen and oxygen atoms in total. The fraction of sp³-hybridized carbons (Fsp3) is 0.231. The lowest BCUT2D eigenvalue weighted by Crippen LogP contribution is -2.47. The van der Waals surface area contributed by atoms with Gasteiger partial charge in [0.2, 0.25) is 5.95 Å². The maximum Gasteiger partial charge on any atom is 0.231 e. The molecule has 166 valence electrons. The van der Waals surface area contributed by atoms with Crippen LogP contribution < -0.4 is 16.0 Å². The molecule has 0 radical (unpaired) electrons. The van der Waals surface area contributed by atoms with Crippen molar-refractivity contribution in [2.75, 3.05) is 55.3 Å². The molecule has 0 unspecified atom stereocenters. The van der Waals surface area contributed by atoms with Crippen molar-refractivity contribution in [3.63, 3.8) is 0 Å². The first-order valence-corrected chi connectivity index (χ1v) is 11.2. The smallest absolute Gasteiger partial charge is 0.231 e. The van der Waals surface area contributed by atoms with Gasteiger partial charge >= 0.3 is 0 Å². The molecular weight excluding hydrogens is 412 g/mol. The molecule has 33 heavy (non-hydrogen) atoms. The number of anilines is 4. The highest BCUT2D eigenvalue weighted by atomic mass is 16.3. The highest BCUT2D eigenvalue weighted by Crippen LogP contribution is 2.30. The zero-order chi connectivity index (χ0) is 22.6. The van der Waals surface area contributed by atoms with E-state index in [2.05, 4.69) is 50.4 Å². The van der Waals surface area contributed by atoms with Crippen LogP contribution in [0.4, 0.5) is 23.0 Å². The Morgan fingerprint density at radius 2 is 1.88 bits per heavy atom. The predicted octanol–water partition coefficient (Wildman–Crippen LogP) is 3.18. The van der Waals surface area contributed by atoms with Crippen molar-refractivity contribution in [1.29, 1.82) is 0 Å². The number of nitrogen functional groups attached to an aromatic ring is 1. The molecule has 1 aliphatic carbocycles. The van der Waals surface area contributed by atoms with Crippen LogP contribution in [0, 0.1) is 6.08 Å². The van der Waals surface area contributed by atoms with Gasteiger partial charge < -0.3 is 21.1 Å². The minimum atomic E-state index is 0.219. The molecule has 0 amide bonds. The van der Waals surface area contributed by atoms with E-state index in [0.29, 0.717) is 11.6 Å². The molecule has 2 heterocycles. The van der Waals surface area contributed by atoms with Gasteiger partial charge in [-0.25, -0.2) is 4.98 Å². The largest absolute Gasteiger partial charge is 0.399 e. The first-order chi connectivity index (χ1) is 16.2. The number of nitrogens with one attached hydrogen (secondary N) is 1. The Labute approximate surface area is 193 Å². The number of fused-ring (bicyclic) bond motifs is 1. The second kappa shape index (κ2) is 9.38. The number of hydrogen-bond acceptors (Lipinski definition) is 7. The third-order valence-corrected chi connectivity index (χ3v) is 6.01. The van der Waals surface area contributed by atoms with Gasteiger partial charge in [0, 0.05) is 61.4 Å². The van der Waals surface area contributed by atoms with E-state index in [1.807, 2.05) is 42.6 Å². The summed E-state index contributed by atoms with van der Waals surface area (Å²) in [5, 5.41) is 12.4. The number of hydrogen-bond donors (Lipinski definition) is 3. The lowest BCUT2D eigenvalue weighted by molar-refractivity contribution is 0.189. The van der Waals surface area contributed by atoms with Crippen LogP contribution in [0.3, 0.4) is 0 Å². The highest BCUT2D eigenvalue weighted by molar-refractivity contribution is 5.86. The Hall–Kier alpha value is -3.77. The van der Waals surface area contributed by atoms with Crippen molar-refractivity contribution >= 4 is 34.7 Å². The fourth-order valence-electron chi connectivity index (χ4n) is 4.24. The second-order valence-corrected chi connectivity index (χ2v) is 8.22. The maximum absolute atomic E-state index is 9.12. The summed E-state index contributed by atoms with van der Waals surface area (Å²) >= 11 is 0. The average Bonchev–Trinajstić information content (AvgIpc) is 2.85. The zero-order valence-corrected chi connectivity index (χ0v) is 18.4.